The summed E-state index contributed by atoms with van der Waals surface area (Å²) < 4.78 is 1.07. The second kappa shape index (κ2) is 5.88. The van der Waals surface area contributed by atoms with Crippen molar-refractivity contribution in [2.75, 3.05) is 0 Å². The van der Waals surface area contributed by atoms with Crippen LogP contribution in [0.1, 0.15) is 32.6 Å². The maximum absolute atomic E-state index is 13.2. The molecule has 0 amide bonds. The number of benzene rings is 4. The Labute approximate surface area is 181 Å². The van der Waals surface area contributed by atoms with Gasteiger partial charge in [-0.3, -0.25) is 4.79 Å². The Balaban J connectivity index is 1.89. The van der Waals surface area contributed by atoms with Crippen LogP contribution in [0.25, 0.3) is 28.0 Å². The van der Waals surface area contributed by atoms with Crippen LogP contribution in [-0.2, 0) is 5.60 Å². The van der Waals surface area contributed by atoms with Crippen LogP contribution in [-0.4, -0.2) is 10.9 Å². The van der Waals surface area contributed by atoms with Crippen molar-refractivity contribution in [3.05, 3.63) is 110 Å². The fourth-order valence-corrected chi connectivity index (χ4v) is 5.92. The molecule has 0 saturated carbocycles. The predicted octanol–water partition coefficient (Wildman–Crippen LogP) is 5.92. The summed E-state index contributed by atoms with van der Waals surface area (Å²) in [6.07, 6.45) is 3.50. The van der Waals surface area contributed by atoms with E-state index in [0.29, 0.717) is 11.1 Å². The fraction of sp³-hybridized carbons (Fsp3) is 0.0385. The smallest absolute Gasteiger partial charge is 0.186 e. The lowest BCUT2D eigenvalue weighted by Crippen LogP contribution is -2.29. The highest BCUT2D eigenvalue weighted by Crippen LogP contribution is 2.56. The van der Waals surface area contributed by atoms with Crippen LogP contribution < -0.4 is 0 Å². The Kier molecular flexibility index (Phi) is 3.47. The molecule has 138 valence electrons. The minimum absolute atomic E-state index is 0.0523. The van der Waals surface area contributed by atoms with E-state index in [0.717, 1.165) is 42.2 Å². The number of carbonyl (C=O) groups excluding carboxylic acids is 1. The van der Waals surface area contributed by atoms with Crippen LogP contribution in [0, 0.1) is 3.57 Å². The number of fused-ring (bicyclic) bond motifs is 4. The van der Waals surface area contributed by atoms with Crippen molar-refractivity contribution < 1.29 is 9.90 Å². The van der Waals surface area contributed by atoms with Gasteiger partial charge in [0.25, 0.3) is 0 Å². The van der Waals surface area contributed by atoms with Gasteiger partial charge in [0.1, 0.15) is 5.60 Å². The largest absolute Gasteiger partial charge is 0.376 e. The van der Waals surface area contributed by atoms with E-state index in [-0.39, 0.29) is 5.78 Å². The Bertz CT molecular complexity index is 1390. The van der Waals surface area contributed by atoms with Crippen molar-refractivity contribution in [3.8, 4) is 11.1 Å². The number of ketones is 1. The monoisotopic (exact) mass is 486 g/mol. The normalized spacial score (nSPS) is 18.8. The van der Waals surface area contributed by atoms with Crippen molar-refractivity contribution >= 4 is 45.2 Å². The van der Waals surface area contributed by atoms with Gasteiger partial charge in [-0.2, -0.15) is 0 Å². The van der Waals surface area contributed by atoms with E-state index in [2.05, 4.69) is 28.7 Å². The van der Waals surface area contributed by atoms with Gasteiger partial charge in [-0.25, -0.2) is 0 Å². The molecule has 2 nitrogen and oxygen atoms in total. The molecule has 0 aromatic heterocycles. The lowest BCUT2D eigenvalue weighted by molar-refractivity contribution is 0.102. The van der Waals surface area contributed by atoms with E-state index >= 15 is 0 Å². The first kappa shape index (κ1) is 17.1. The van der Waals surface area contributed by atoms with Crippen molar-refractivity contribution in [1.82, 2.24) is 0 Å². The van der Waals surface area contributed by atoms with Crippen molar-refractivity contribution in [1.29, 1.82) is 0 Å². The van der Waals surface area contributed by atoms with Gasteiger partial charge >= 0.3 is 0 Å². The first-order valence-electron chi connectivity index (χ1n) is 9.51. The van der Waals surface area contributed by atoms with E-state index < -0.39 is 5.60 Å². The molecule has 0 bridgehead atoms. The average molecular weight is 486 g/mol. The van der Waals surface area contributed by atoms with Crippen LogP contribution in [0.5, 0.6) is 0 Å². The molecule has 2 aliphatic rings. The molecule has 0 aliphatic heterocycles. The maximum atomic E-state index is 13.2. The van der Waals surface area contributed by atoms with E-state index in [9.17, 15) is 9.90 Å². The maximum Gasteiger partial charge on any atom is 0.186 e. The highest BCUT2D eigenvalue weighted by atomic mass is 127. The van der Waals surface area contributed by atoms with E-state index in [1.165, 1.54) is 0 Å². The molecule has 1 unspecified atom stereocenters. The highest BCUT2D eigenvalue weighted by molar-refractivity contribution is 14.1. The predicted molar refractivity (Wildman–Crippen MR) is 124 cm³/mol. The number of aliphatic hydroxyl groups is 1. The van der Waals surface area contributed by atoms with Crippen LogP contribution in [0.15, 0.2) is 78.9 Å². The molecule has 4 aromatic rings. The lowest BCUT2D eigenvalue weighted by Gasteiger charge is -2.29. The molecule has 3 heteroatoms. The number of hydrogen-bond donors (Lipinski definition) is 1. The first-order chi connectivity index (χ1) is 14.1. The molecule has 1 atom stereocenters. The third-order valence-corrected chi connectivity index (χ3v) is 7.22. The average Bonchev–Trinajstić information content (AvgIpc) is 3.04. The second-order valence-electron chi connectivity index (χ2n) is 7.53. The summed E-state index contributed by atoms with van der Waals surface area (Å²) in [4.78, 5) is 13.2. The summed E-state index contributed by atoms with van der Waals surface area (Å²) in [5.74, 6) is -0.0523. The molecular formula is C26H15IO2. The Morgan fingerprint density at radius 3 is 2.38 bits per heavy atom. The Morgan fingerprint density at radius 2 is 1.55 bits per heavy atom. The summed E-state index contributed by atoms with van der Waals surface area (Å²) in [5.41, 5.74) is 4.54. The molecule has 0 radical (unpaired) electrons. The number of hydrogen-bond acceptors (Lipinski definition) is 2. The number of rotatable bonds is 1. The minimum atomic E-state index is -1.37. The quantitative estimate of drug-likeness (QED) is 0.340. The van der Waals surface area contributed by atoms with E-state index in [1.54, 1.807) is 6.08 Å². The number of carbonyl (C=O) groups is 1. The van der Waals surface area contributed by atoms with Crippen LogP contribution in [0.4, 0.5) is 0 Å². The highest BCUT2D eigenvalue weighted by Gasteiger charge is 2.47. The summed E-state index contributed by atoms with van der Waals surface area (Å²) in [6, 6.07) is 23.7. The molecule has 6 rings (SSSR count). The minimum Gasteiger partial charge on any atom is -0.376 e. The zero-order chi connectivity index (χ0) is 19.8. The third-order valence-electron chi connectivity index (χ3n) is 6.10. The molecule has 29 heavy (non-hydrogen) atoms. The summed E-state index contributed by atoms with van der Waals surface area (Å²) >= 11 is 2.37. The molecule has 0 spiro atoms. The number of halogens is 1. The molecule has 0 saturated heterocycles. The van der Waals surface area contributed by atoms with Gasteiger partial charge in [0.15, 0.2) is 5.78 Å². The topological polar surface area (TPSA) is 37.3 Å². The molecular weight excluding hydrogens is 471 g/mol. The van der Waals surface area contributed by atoms with Gasteiger partial charge in [-0.05, 0) is 50.7 Å². The van der Waals surface area contributed by atoms with Crippen LogP contribution in [0.2, 0.25) is 0 Å². The fourth-order valence-electron chi connectivity index (χ4n) is 4.91. The van der Waals surface area contributed by atoms with Gasteiger partial charge in [-0.1, -0.05) is 78.9 Å². The van der Waals surface area contributed by atoms with Gasteiger partial charge < -0.3 is 5.11 Å². The molecule has 0 heterocycles. The zero-order valence-corrected chi connectivity index (χ0v) is 17.5. The standard InChI is InChI=1S/C26H15IO2/c27-25-18-11-6-7-15-13-14-20(28)23(21(15)18)24-22(25)17-10-4-5-12-19(17)26(24,29)16-8-2-1-3-9-16/h1-14,29H. The molecule has 2 aliphatic carbocycles. The van der Waals surface area contributed by atoms with Gasteiger partial charge in [0.2, 0.25) is 0 Å². The molecule has 0 fully saturated rings. The van der Waals surface area contributed by atoms with E-state index in [1.807, 2.05) is 72.8 Å². The van der Waals surface area contributed by atoms with Crippen molar-refractivity contribution in [2.24, 2.45) is 0 Å². The zero-order valence-electron chi connectivity index (χ0n) is 15.3. The van der Waals surface area contributed by atoms with Crippen molar-refractivity contribution in [3.63, 3.8) is 0 Å². The summed E-state index contributed by atoms with van der Waals surface area (Å²) in [7, 11) is 0. The van der Waals surface area contributed by atoms with Crippen LogP contribution >= 0.6 is 22.6 Å². The van der Waals surface area contributed by atoms with Gasteiger partial charge in [0, 0.05) is 31.2 Å². The number of allylic oxidation sites excluding steroid dienone is 1. The molecule has 4 aromatic carbocycles. The van der Waals surface area contributed by atoms with Gasteiger partial charge in [-0.15, -0.1) is 0 Å². The van der Waals surface area contributed by atoms with E-state index in [4.69, 9.17) is 0 Å². The lowest BCUT2D eigenvalue weighted by atomic mass is 9.78. The Hall–Kier alpha value is -2.76. The van der Waals surface area contributed by atoms with Gasteiger partial charge in [0.05, 0.1) is 0 Å². The van der Waals surface area contributed by atoms with Crippen LogP contribution in [0.3, 0.4) is 0 Å². The summed E-state index contributed by atoms with van der Waals surface area (Å²) in [6.45, 7) is 0. The Morgan fingerprint density at radius 1 is 0.793 bits per heavy atom. The SMILES string of the molecule is O=C1C=Cc2cccc3c(I)c4c(c1c23)C(O)(c1ccccc1)c1ccccc1-4. The van der Waals surface area contributed by atoms with Crippen molar-refractivity contribution in [2.45, 2.75) is 5.60 Å². The second-order valence-corrected chi connectivity index (χ2v) is 8.61. The summed E-state index contributed by atoms with van der Waals surface area (Å²) in [5, 5.41) is 14.3. The first-order valence-corrected chi connectivity index (χ1v) is 10.6. The molecule has 1 N–H and O–H groups in total. The third kappa shape index (κ3) is 2.07.